The highest BCUT2D eigenvalue weighted by Gasteiger charge is 2.34. The Kier molecular flexibility index (Phi) is 6.42. The summed E-state index contributed by atoms with van der Waals surface area (Å²) >= 11 is 0. The third kappa shape index (κ3) is 5.50. The highest BCUT2D eigenvalue weighted by Crippen LogP contribution is 2.34. The fourth-order valence-electron chi connectivity index (χ4n) is 3.29. The van der Waals surface area contributed by atoms with Gasteiger partial charge >= 0.3 is 12.2 Å². The van der Waals surface area contributed by atoms with Crippen LogP contribution >= 0.6 is 0 Å². The molecular formula is C20H19F3N4O4. The van der Waals surface area contributed by atoms with Gasteiger partial charge in [-0.2, -0.15) is 13.2 Å². The lowest BCUT2D eigenvalue weighted by Crippen LogP contribution is -2.47. The van der Waals surface area contributed by atoms with Crippen molar-refractivity contribution in [2.75, 3.05) is 18.4 Å². The van der Waals surface area contributed by atoms with Gasteiger partial charge in [-0.25, -0.2) is 4.79 Å². The maximum Gasteiger partial charge on any atom is 0.418 e. The number of benzene rings is 2. The number of anilines is 1. The SMILES string of the molecule is O=C(NC1CCN(C(=O)Nc2ccccc2C(F)(F)F)CC1)c1cccc([N+](=O)[O-])c1. The van der Waals surface area contributed by atoms with Crippen LogP contribution in [0.5, 0.6) is 0 Å². The summed E-state index contributed by atoms with van der Waals surface area (Å²) in [6.45, 7) is 0.472. The number of urea groups is 1. The van der Waals surface area contributed by atoms with Crippen molar-refractivity contribution >= 4 is 23.3 Å². The van der Waals surface area contributed by atoms with E-state index in [4.69, 9.17) is 0 Å². The maximum absolute atomic E-state index is 13.1. The van der Waals surface area contributed by atoms with Gasteiger partial charge in [0.1, 0.15) is 0 Å². The summed E-state index contributed by atoms with van der Waals surface area (Å²) in [6, 6.07) is 9.15. The van der Waals surface area contributed by atoms with Gasteiger partial charge in [0.25, 0.3) is 11.6 Å². The molecule has 0 radical (unpaired) electrons. The number of likely N-dealkylation sites (tertiary alicyclic amines) is 1. The van der Waals surface area contributed by atoms with Crippen LogP contribution in [0.3, 0.4) is 0 Å². The van der Waals surface area contributed by atoms with Gasteiger partial charge < -0.3 is 15.5 Å². The molecule has 0 aromatic heterocycles. The normalized spacial score (nSPS) is 14.7. The molecule has 31 heavy (non-hydrogen) atoms. The summed E-state index contributed by atoms with van der Waals surface area (Å²) in [5.41, 5.74) is -1.29. The lowest BCUT2D eigenvalue weighted by molar-refractivity contribution is -0.384. The topological polar surface area (TPSA) is 105 Å². The van der Waals surface area contributed by atoms with Crippen LogP contribution in [0.4, 0.5) is 29.3 Å². The fourth-order valence-corrected chi connectivity index (χ4v) is 3.29. The van der Waals surface area contributed by atoms with Gasteiger partial charge in [-0.3, -0.25) is 14.9 Å². The second-order valence-corrected chi connectivity index (χ2v) is 7.02. The summed E-state index contributed by atoms with van der Waals surface area (Å²) in [4.78, 5) is 36.4. The number of hydrogen-bond donors (Lipinski definition) is 2. The van der Waals surface area contributed by atoms with Crippen molar-refractivity contribution in [2.24, 2.45) is 0 Å². The predicted octanol–water partition coefficient (Wildman–Crippen LogP) is 4.04. The molecule has 3 amide bonds. The molecule has 0 spiro atoms. The third-order valence-electron chi connectivity index (χ3n) is 4.91. The van der Waals surface area contributed by atoms with E-state index >= 15 is 0 Å². The summed E-state index contributed by atoms with van der Waals surface area (Å²) in [5.74, 6) is -0.467. The highest BCUT2D eigenvalue weighted by molar-refractivity contribution is 5.95. The van der Waals surface area contributed by atoms with Crippen LogP contribution in [0.2, 0.25) is 0 Å². The van der Waals surface area contributed by atoms with Gasteiger partial charge in [-0.05, 0) is 31.0 Å². The highest BCUT2D eigenvalue weighted by atomic mass is 19.4. The maximum atomic E-state index is 13.1. The number of non-ortho nitro benzene ring substituents is 1. The van der Waals surface area contributed by atoms with Crippen molar-refractivity contribution in [3.8, 4) is 0 Å². The fraction of sp³-hybridized carbons (Fsp3) is 0.300. The van der Waals surface area contributed by atoms with E-state index in [2.05, 4.69) is 10.6 Å². The van der Waals surface area contributed by atoms with Crippen molar-refractivity contribution in [3.63, 3.8) is 0 Å². The average Bonchev–Trinajstić information content (AvgIpc) is 2.74. The molecule has 11 heteroatoms. The Morgan fingerprint density at radius 1 is 1.06 bits per heavy atom. The molecule has 0 aliphatic carbocycles. The number of amides is 3. The molecule has 1 aliphatic heterocycles. The Bertz CT molecular complexity index is 988. The average molecular weight is 436 g/mol. The van der Waals surface area contributed by atoms with Crippen LogP contribution in [-0.2, 0) is 6.18 Å². The lowest BCUT2D eigenvalue weighted by Gasteiger charge is -2.32. The number of alkyl halides is 3. The zero-order chi connectivity index (χ0) is 22.6. The number of rotatable bonds is 4. The molecule has 8 nitrogen and oxygen atoms in total. The van der Waals surface area contributed by atoms with E-state index in [1.807, 2.05) is 0 Å². The molecule has 1 fully saturated rings. The number of nitro groups is 1. The number of nitrogens with one attached hydrogen (secondary N) is 2. The Morgan fingerprint density at radius 3 is 2.39 bits per heavy atom. The number of piperidine rings is 1. The zero-order valence-electron chi connectivity index (χ0n) is 16.2. The first-order valence-electron chi connectivity index (χ1n) is 9.42. The van der Waals surface area contributed by atoms with Crippen LogP contribution in [0.25, 0.3) is 0 Å². The summed E-state index contributed by atoms with van der Waals surface area (Å²) in [5, 5.41) is 15.9. The lowest BCUT2D eigenvalue weighted by atomic mass is 10.0. The second-order valence-electron chi connectivity index (χ2n) is 7.02. The van der Waals surface area contributed by atoms with Gasteiger partial charge in [0, 0.05) is 36.8 Å². The Labute approximate surface area is 175 Å². The minimum Gasteiger partial charge on any atom is -0.349 e. The second kappa shape index (κ2) is 9.02. The first-order valence-corrected chi connectivity index (χ1v) is 9.42. The molecule has 164 valence electrons. The molecule has 0 saturated carbocycles. The van der Waals surface area contributed by atoms with Crippen LogP contribution in [0.1, 0.15) is 28.8 Å². The van der Waals surface area contributed by atoms with E-state index in [0.717, 1.165) is 6.07 Å². The van der Waals surface area contributed by atoms with Crippen LogP contribution in [-0.4, -0.2) is 40.9 Å². The van der Waals surface area contributed by atoms with Crippen molar-refractivity contribution in [3.05, 3.63) is 69.8 Å². The molecule has 2 aromatic carbocycles. The van der Waals surface area contributed by atoms with Gasteiger partial charge in [-0.15, -0.1) is 0 Å². The van der Waals surface area contributed by atoms with Gasteiger partial charge in [0.15, 0.2) is 0 Å². The molecule has 3 rings (SSSR count). The quantitative estimate of drug-likeness (QED) is 0.558. The van der Waals surface area contributed by atoms with Crippen LogP contribution < -0.4 is 10.6 Å². The van der Waals surface area contributed by atoms with Crippen LogP contribution in [0.15, 0.2) is 48.5 Å². The summed E-state index contributed by atoms with van der Waals surface area (Å²) in [6.07, 6.45) is -3.79. The molecule has 2 aromatic rings. The summed E-state index contributed by atoms with van der Waals surface area (Å²) < 4.78 is 39.2. The van der Waals surface area contributed by atoms with E-state index in [9.17, 15) is 32.9 Å². The van der Waals surface area contributed by atoms with E-state index in [1.54, 1.807) is 0 Å². The molecule has 1 aliphatic rings. The molecular weight excluding hydrogens is 417 g/mol. The number of para-hydroxylation sites is 1. The number of halogens is 3. The van der Waals surface area contributed by atoms with Crippen molar-refractivity contribution in [1.82, 2.24) is 10.2 Å². The monoisotopic (exact) mass is 436 g/mol. The number of carbonyl (C=O) groups is 2. The third-order valence-corrected chi connectivity index (χ3v) is 4.91. The number of nitrogens with zero attached hydrogens (tertiary/aromatic N) is 2. The first kappa shape index (κ1) is 22.1. The largest absolute Gasteiger partial charge is 0.418 e. The Hall–Kier alpha value is -3.63. The van der Waals surface area contributed by atoms with Gasteiger partial charge in [0.05, 0.1) is 16.2 Å². The van der Waals surface area contributed by atoms with E-state index in [0.29, 0.717) is 12.8 Å². The minimum atomic E-state index is -4.59. The molecule has 1 saturated heterocycles. The van der Waals surface area contributed by atoms with Crippen molar-refractivity contribution in [2.45, 2.75) is 25.1 Å². The minimum absolute atomic E-state index is 0.151. The Balaban J connectivity index is 1.55. The Morgan fingerprint density at radius 2 is 1.74 bits per heavy atom. The summed E-state index contributed by atoms with van der Waals surface area (Å²) in [7, 11) is 0. The number of hydrogen-bond acceptors (Lipinski definition) is 4. The van der Waals surface area contributed by atoms with Gasteiger partial charge in [0.2, 0.25) is 0 Å². The zero-order valence-corrected chi connectivity index (χ0v) is 16.2. The van der Waals surface area contributed by atoms with E-state index in [-0.39, 0.29) is 36.1 Å². The van der Waals surface area contributed by atoms with Crippen molar-refractivity contribution in [1.29, 1.82) is 0 Å². The molecule has 0 unspecified atom stereocenters. The van der Waals surface area contributed by atoms with Crippen LogP contribution in [0, 0.1) is 10.1 Å². The van der Waals surface area contributed by atoms with E-state index < -0.39 is 28.6 Å². The number of carbonyl (C=O) groups excluding carboxylic acids is 2. The van der Waals surface area contributed by atoms with Crippen molar-refractivity contribution < 1.29 is 27.7 Å². The molecule has 0 bridgehead atoms. The van der Waals surface area contributed by atoms with Gasteiger partial charge in [-0.1, -0.05) is 18.2 Å². The smallest absolute Gasteiger partial charge is 0.349 e. The molecule has 0 atom stereocenters. The molecule has 1 heterocycles. The molecule has 2 N–H and O–H groups in total. The standard InChI is InChI=1S/C20H19F3N4O4/c21-20(22,23)16-6-1-2-7-17(16)25-19(29)26-10-8-14(9-11-26)24-18(28)13-4-3-5-15(12-13)27(30)31/h1-7,12,14H,8-11H2,(H,24,28)(H,25,29). The first-order chi connectivity index (χ1) is 14.6. The predicted molar refractivity (Wildman–Crippen MR) is 106 cm³/mol. The van der Waals surface area contributed by atoms with E-state index in [1.165, 1.54) is 47.4 Å². The number of nitro benzene ring substituents is 1.